The highest BCUT2D eigenvalue weighted by Gasteiger charge is 2.22. The molecule has 0 aromatic rings. The van der Waals surface area contributed by atoms with Crippen LogP contribution in [0.25, 0.3) is 0 Å². The van der Waals surface area contributed by atoms with Gasteiger partial charge in [-0.05, 0) is 31.8 Å². The molecule has 0 atom stereocenters. The summed E-state index contributed by atoms with van der Waals surface area (Å²) in [4.78, 5) is 11.1. The highest BCUT2D eigenvalue weighted by Crippen LogP contribution is 2.28. The molecule has 1 nitrogen and oxygen atoms in total. The lowest BCUT2D eigenvalue weighted by molar-refractivity contribution is -0.119. The first-order valence-electron chi connectivity index (χ1n) is 4.04. The van der Waals surface area contributed by atoms with Gasteiger partial charge in [-0.2, -0.15) is 0 Å². The molecule has 0 amide bonds. The number of ketones is 1. The maximum Gasteiger partial charge on any atom is 0.158 e. The summed E-state index contributed by atoms with van der Waals surface area (Å²) in [5.41, 5.74) is 0. The van der Waals surface area contributed by atoms with E-state index >= 15 is 0 Å². The van der Waals surface area contributed by atoms with Gasteiger partial charge in [-0.1, -0.05) is 6.58 Å². The summed E-state index contributed by atoms with van der Waals surface area (Å²) in [6.45, 7) is 3.47. The lowest BCUT2D eigenvalue weighted by Crippen LogP contribution is -2.20. The van der Waals surface area contributed by atoms with Crippen LogP contribution >= 0.6 is 11.6 Å². The fourth-order valence-corrected chi connectivity index (χ4v) is 1.76. The molecular weight excluding hydrogens is 160 g/mol. The van der Waals surface area contributed by atoms with E-state index < -0.39 is 0 Å². The molecule has 2 heteroatoms. The predicted molar refractivity (Wildman–Crippen MR) is 46.8 cm³/mol. The zero-order valence-electron chi connectivity index (χ0n) is 6.55. The molecule has 0 radical (unpaired) electrons. The third-order valence-corrected chi connectivity index (χ3v) is 2.70. The first-order chi connectivity index (χ1) is 5.24. The van der Waals surface area contributed by atoms with Gasteiger partial charge >= 0.3 is 0 Å². The Morgan fingerprint density at radius 2 is 1.91 bits per heavy atom. The number of alkyl halides is 1. The van der Waals surface area contributed by atoms with E-state index in [0.717, 1.165) is 25.7 Å². The first kappa shape index (κ1) is 8.79. The largest absolute Gasteiger partial charge is 0.295 e. The Hall–Kier alpha value is -0.300. The number of allylic oxidation sites excluding steroid dienone is 1. The smallest absolute Gasteiger partial charge is 0.158 e. The van der Waals surface area contributed by atoms with Crippen LogP contribution in [0.2, 0.25) is 0 Å². The van der Waals surface area contributed by atoms with E-state index in [1.165, 1.54) is 6.08 Å². The second-order valence-electron chi connectivity index (χ2n) is 3.06. The first-order valence-corrected chi connectivity index (χ1v) is 4.48. The molecule has 11 heavy (non-hydrogen) atoms. The third kappa shape index (κ3) is 2.33. The fraction of sp³-hybridized carbons (Fsp3) is 0.667. The third-order valence-electron chi connectivity index (χ3n) is 2.26. The van der Waals surface area contributed by atoms with Gasteiger partial charge in [-0.25, -0.2) is 0 Å². The number of carbonyl (C=O) groups excluding carboxylic acids is 1. The van der Waals surface area contributed by atoms with Crippen LogP contribution in [0.4, 0.5) is 0 Å². The second kappa shape index (κ2) is 3.91. The predicted octanol–water partition coefficient (Wildman–Crippen LogP) is 2.54. The minimum absolute atomic E-state index is 0.188. The summed E-state index contributed by atoms with van der Waals surface area (Å²) in [6.07, 6.45) is 5.27. The molecule has 0 unspecified atom stereocenters. The van der Waals surface area contributed by atoms with Gasteiger partial charge in [0.2, 0.25) is 0 Å². The van der Waals surface area contributed by atoms with Crippen molar-refractivity contribution >= 4 is 17.4 Å². The summed E-state index contributed by atoms with van der Waals surface area (Å²) in [5.74, 6) is 0.399. The molecule has 0 heterocycles. The molecule has 62 valence electrons. The second-order valence-corrected chi connectivity index (χ2v) is 3.67. The maximum absolute atomic E-state index is 11.1. The van der Waals surface area contributed by atoms with E-state index in [4.69, 9.17) is 11.6 Å². The Balaban J connectivity index is 2.38. The maximum atomic E-state index is 11.1. The summed E-state index contributed by atoms with van der Waals surface area (Å²) < 4.78 is 0. The molecular formula is C9H13ClO. The van der Waals surface area contributed by atoms with Gasteiger partial charge in [0, 0.05) is 11.3 Å². The normalized spacial score (nSPS) is 31.4. The zero-order valence-corrected chi connectivity index (χ0v) is 7.31. The average molecular weight is 173 g/mol. The van der Waals surface area contributed by atoms with Crippen LogP contribution < -0.4 is 0 Å². The van der Waals surface area contributed by atoms with Crippen molar-refractivity contribution < 1.29 is 4.79 Å². The molecule has 0 aromatic carbocycles. The van der Waals surface area contributed by atoms with Gasteiger partial charge in [0.15, 0.2) is 5.78 Å². The fourth-order valence-electron chi connectivity index (χ4n) is 1.50. The number of hydrogen-bond acceptors (Lipinski definition) is 1. The van der Waals surface area contributed by atoms with Crippen molar-refractivity contribution in [3.8, 4) is 0 Å². The Kier molecular flexibility index (Phi) is 3.13. The molecule has 1 aliphatic rings. The molecule has 0 bridgehead atoms. The Bertz CT molecular complexity index is 157. The number of rotatable bonds is 2. The van der Waals surface area contributed by atoms with E-state index in [-0.39, 0.29) is 11.7 Å². The Labute approximate surface area is 72.4 Å². The van der Waals surface area contributed by atoms with Crippen molar-refractivity contribution in [2.24, 2.45) is 5.92 Å². The number of hydrogen-bond donors (Lipinski definition) is 0. The van der Waals surface area contributed by atoms with Crippen LogP contribution in [0, 0.1) is 5.92 Å². The average Bonchev–Trinajstić information content (AvgIpc) is 2.05. The molecule has 0 aliphatic heterocycles. The van der Waals surface area contributed by atoms with Crippen molar-refractivity contribution in [2.45, 2.75) is 31.1 Å². The molecule has 0 saturated heterocycles. The molecule has 0 aromatic heterocycles. The monoisotopic (exact) mass is 172 g/mol. The molecule has 0 N–H and O–H groups in total. The quantitative estimate of drug-likeness (QED) is 0.462. The standard InChI is InChI=1S/C9H13ClO/c1-2-9(11)7-3-5-8(10)6-4-7/h2,7-8H,1,3-6H2. The topological polar surface area (TPSA) is 17.1 Å². The van der Waals surface area contributed by atoms with Gasteiger partial charge in [-0.3, -0.25) is 4.79 Å². The van der Waals surface area contributed by atoms with Crippen LogP contribution in [0.5, 0.6) is 0 Å². The molecule has 1 aliphatic carbocycles. The Morgan fingerprint density at radius 1 is 1.36 bits per heavy atom. The van der Waals surface area contributed by atoms with Crippen molar-refractivity contribution in [3.05, 3.63) is 12.7 Å². The zero-order chi connectivity index (χ0) is 8.27. The summed E-state index contributed by atoms with van der Waals surface area (Å²) in [7, 11) is 0. The van der Waals surface area contributed by atoms with Gasteiger partial charge in [0.05, 0.1) is 0 Å². The Morgan fingerprint density at radius 3 is 2.36 bits per heavy atom. The van der Waals surface area contributed by atoms with Crippen molar-refractivity contribution in [3.63, 3.8) is 0 Å². The lowest BCUT2D eigenvalue weighted by atomic mass is 9.86. The molecule has 0 spiro atoms. The van der Waals surface area contributed by atoms with Crippen molar-refractivity contribution in [1.82, 2.24) is 0 Å². The molecule has 1 saturated carbocycles. The summed E-state index contributed by atoms with van der Waals surface area (Å²) in [6, 6.07) is 0. The minimum atomic E-state index is 0.188. The minimum Gasteiger partial charge on any atom is -0.295 e. The highest BCUT2D eigenvalue weighted by atomic mass is 35.5. The summed E-state index contributed by atoms with van der Waals surface area (Å²) >= 11 is 5.89. The van der Waals surface area contributed by atoms with Crippen LogP contribution in [0.1, 0.15) is 25.7 Å². The lowest BCUT2D eigenvalue weighted by Gasteiger charge is -2.22. The number of halogens is 1. The highest BCUT2D eigenvalue weighted by molar-refractivity contribution is 6.20. The van der Waals surface area contributed by atoms with E-state index in [1.807, 2.05) is 0 Å². The molecule has 1 rings (SSSR count). The van der Waals surface area contributed by atoms with Crippen molar-refractivity contribution in [1.29, 1.82) is 0 Å². The van der Waals surface area contributed by atoms with Crippen LogP contribution in [0.3, 0.4) is 0 Å². The van der Waals surface area contributed by atoms with E-state index in [2.05, 4.69) is 6.58 Å². The van der Waals surface area contributed by atoms with Crippen LogP contribution in [0.15, 0.2) is 12.7 Å². The molecule has 1 fully saturated rings. The van der Waals surface area contributed by atoms with Crippen molar-refractivity contribution in [2.75, 3.05) is 0 Å². The summed E-state index contributed by atoms with van der Waals surface area (Å²) in [5, 5.41) is 0.295. The van der Waals surface area contributed by atoms with Gasteiger partial charge in [0.1, 0.15) is 0 Å². The van der Waals surface area contributed by atoms with Gasteiger partial charge in [0.25, 0.3) is 0 Å². The van der Waals surface area contributed by atoms with E-state index in [0.29, 0.717) is 5.38 Å². The SMILES string of the molecule is C=CC(=O)C1CCC(Cl)CC1. The van der Waals surface area contributed by atoms with Gasteiger partial charge < -0.3 is 0 Å². The number of carbonyl (C=O) groups is 1. The van der Waals surface area contributed by atoms with Crippen LogP contribution in [-0.4, -0.2) is 11.2 Å². The van der Waals surface area contributed by atoms with Crippen LogP contribution in [-0.2, 0) is 4.79 Å². The van der Waals surface area contributed by atoms with E-state index in [9.17, 15) is 4.79 Å². The van der Waals surface area contributed by atoms with Gasteiger partial charge in [-0.15, -0.1) is 11.6 Å². The van der Waals surface area contributed by atoms with E-state index in [1.54, 1.807) is 0 Å².